The number of nitrogens with zero attached hydrogens (tertiary/aromatic N) is 2. The van der Waals surface area contributed by atoms with Gasteiger partial charge in [-0.25, -0.2) is 0 Å². The first-order valence-corrected chi connectivity index (χ1v) is 8.01. The van der Waals surface area contributed by atoms with Crippen molar-refractivity contribution in [3.05, 3.63) is 52.5 Å². The van der Waals surface area contributed by atoms with E-state index in [9.17, 15) is 4.79 Å². The summed E-state index contributed by atoms with van der Waals surface area (Å²) in [5.41, 5.74) is 8.11. The number of benzodiazepines with no additional fused rings is 1. The van der Waals surface area contributed by atoms with Gasteiger partial charge in [-0.1, -0.05) is 15.9 Å². The van der Waals surface area contributed by atoms with E-state index in [1.54, 1.807) is 17.2 Å². The fourth-order valence-corrected chi connectivity index (χ4v) is 2.64. The van der Waals surface area contributed by atoms with Crippen molar-refractivity contribution in [1.29, 1.82) is 0 Å². The highest BCUT2D eigenvalue weighted by Crippen LogP contribution is 2.24. The number of amides is 1. The molecule has 3 rings (SSSR count). The molecule has 1 aliphatic heterocycles. The molecule has 23 heavy (non-hydrogen) atoms. The summed E-state index contributed by atoms with van der Waals surface area (Å²) in [5, 5.41) is 0. The van der Waals surface area contributed by atoms with Gasteiger partial charge in [0.15, 0.2) is 6.61 Å². The molecule has 1 amide bonds. The van der Waals surface area contributed by atoms with Crippen molar-refractivity contribution in [2.75, 3.05) is 30.3 Å². The monoisotopic (exact) mass is 373 g/mol. The molecule has 2 aromatic rings. The number of rotatable bonds is 3. The van der Waals surface area contributed by atoms with Gasteiger partial charge in [-0.2, -0.15) is 0 Å². The average molecular weight is 374 g/mol. The first kappa shape index (κ1) is 15.6. The summed E-state index contributed by atoms with van der Waals surface area (Å²) in [6.07, 6.45) is 1.76. The molecule has 0 fully saturated rings. The highest BCUT2D eigenvalue weighted by atomic mass is 79.9. The Hall–Kier alpha value is -2.34. The molecule has 0 atom stereocenters. The summed E-state index contributed by atoms with van der Waals surface area (Å²) in [6, 6.07) is 12.8. The van der Waals surface area contributed by atoms with Gasteiger partial charge in [0.25, 0.3) is 5.91 Å². The highest BCUT2D eigenvalue weighted by molar-refractivity contribution is 9.10. The zero-order valence-electron chi connectivity index (χ0n) is 12.4. The smallest absolute Gasteiger partial charge is 0.264 e. The van der Waals surface area contributed by atoms with Gasteiger partial charge < -0.3 is 15.4 Å². The third-order valence-electron chi connectivity index (χ3n) is 3.50. The van der Waals surface area contributed by atoms with Gasteiger partial charge in [-0.05, 0) is 42.5 Å². The van der Waals surface area contributed by atoms with E-state index in [1.165, 1.54) is 0 Å². The summed E-state index contributed by atoms with van der Waals surface area (Å²) in [6.45, 7) is 1.06. The number of anilines is 2. The van der Waals surface area contributed by atoms with Crippen LogP contribution in [0.3, 0.4) is 0 Å². The van der Waals surface area contributed by atoms with Crippen LogP contribution in [-0.4, -0.2) is 31.8 Å². The molecule has 0 saturated heterocycles. The molecule has 2 N–H and O–H groups in total. The number of halogens is 1. The first-order chi connectivity index (χ1) is 11.1. The molecule has 0 aromatic heterocycles. The van der Waals surface area contributed by atoms with Crippen LogP contribution in [0.15, 0.2) is 51.9 Å². The SMILES string of the molecule is Nc1ccc2c(c1)C=NCCN2C(=O)COc1ccc(Br)cc1. The molecule has 1 heterocycles. The third kappa shape index (κ3) is 3.71. The number of ether oxygens (including phenoxy) is 1. The Balaban J connectivity index is 1.74. The van der Waals surface area contributed by atoms with Gasteiger partial charge in [0, 0.05) is 28.5 Å². The lowest BCUT2D eigenvalue weighted by molar-refractivity contribution is -0.120. The van der Waals surface area contributed by atoms with E-state index in [1.807, 2.05) is 36.4 Å². The minimum Gasteiger partial charge on any atom is -0.484 e. The minimum absolute atomic E-state index is 0.0224. The van der Waals surface area contributed by atoms with E-state index in [2.05, 4.69) is 20.9 Å². The Morgan fingerprint density at radius 2 is 2.04 bits per heavy atom. The Morgan fingerprint density at radius 3 is 2.83 bits per heavy atom. The van der Waals surface area contributed by atoms with Gasteiger partial charge in [0.05, 0.1) is 12.2 Å². The molecule has 0 aliphatic carbocycles. The van der Waals surface area contributed by atoms with Crippen molar-refractivity contribution >= 4 is 39.4 Å². The van der Waals surface area contributed by atoms with Crippen LogP contribution in [0.1, 0.15) is 5.56 Å². The van der Waals surface area contributed by atoms with Crippen LogP contribution in [0.25, 0.3) is 0 Å². The predicted octanol–water partition coefficient (Wildman–Crippen LogP) is 2.88. The normalized spacial score (nSPS) is 13.3. The fourth-order valence-electron chi connectivity index (χ4n) is 2.38. The van der Waals surface area contributed by atoms with Crippen LogP contribution >= 0.6 is 15.9 Å². The Labute approximate surface area is 142 Å². The first-order valence-electron chi connectivity index (χ1n) is 7.21. The molecule has 0 spiro atoms. The standard InChI is InChI=1S/C17H16BrN3O2/c18-13-1-4-15(5-2-13)23-11-17(22)21-8-7-20-10-12-9-14(19)3-6-16(12)21/h1-6,9-10H,7-8,11,19H2. The van der Waals surface area contributed by atoms with Crippen LogP contribution in [0, 0.1) is 0 Å². The van der Waals surface area contributed by atoms with Gasteiger partial charge in [-0.15, -0.1) is 0 Å². The third-order valence-corrected chi connectivity index (χ3v) is 4.03. The summed E-state index contributed by atoms with van der Waals surface area (Å²) in [7, 11) is 0. The van der Waals surface area contributed by atoms with Crippen molar-refractivity contribution < 1.29 is 9.53 Å². The maximum absolute atomic E-state index is 12.5. The lowest BCUT2D eigenvalue weighted by atomic mass is 10.1. The number of fused-ring (bicyclic) bond motifs is 1. The second-order valence-corrected chi connectivity index (χ2v) is 6.06. The molecule has 6 heteroatoms. The molecule has 0 bridgehead atoms. The zero-order valence-corrected chi connectivity index (χ0v) is 14.0. The number of hydrogen-bond donors (Lipinski definition) is 1. The number of aliphatic imine (C=N–C) groups is 1. The predicted molar refractivity (Wildman–Crippen MR) is 95.3 cm³/mol. The molecule has 1 aliphatic rings. The maximum Gasteiger partial charge on any atom is 0.264 e. The second-order valence-electron chi connectivity index (χ2n) is 5.14. The Morgan fingerprint density at radius 1 is 1.26 bits per heavy atom. The van der Waals surface area contributed by atoms with E-state index < -0.39 is 0 Å². The molecular weight excluding hydrogens is 358 g/mol. The van der Waals surface area contributed by atoms with Gasteiger partial charge in [0.2, 0.25) is 0 Å². The van der Waals surface area contributed by atoms with Gasteiger partial charge >= 0.3 is 0 Å². The number of hydrogen-bond acceptors (Lipinski definition) is 4. The topological polar surface area (TPSA) is 67.9 Å². The van der Waals surface area contributed by atoms with Gasteiger partial charge in [-0.3, -0.25) is 9.79 Å². The highest BCUT2D eigenvalue weighted by Gasteiger charge is 2.20. The molecule has 0 saturated carbocycles. The van der Waals surface area contributed by atoms with Gasteiger partial charge in [0.1, 0.15) is 5.75 Å². The van der Waals surface area contributed by atoms with Crippen LogP contribution < -0.4 is 15.4 Å². The molecular formula is C17H16BrN3O2. The minimum atomic E-state index is -0.107. The van der Waals surface area contributed by atoms with Crippen LogP contribution in [0.4, 0.5) is 11.4 Å². The van der Waals surface area contributed by atoms with Crippen molar-refractivity contribution in [1.82, 2.24) is 0 Å². The average Bonchev–Trinajstić information content (AvgIpc) is 2.76. The maximum atomic E-state index is 12.5. The van der Waals surface area contributed by atoms with E-state index >= 15 is 0 Å². The van der Waals surface area contributed by atoms with E-state index in [-0.39, 0.29) is 12.5 Å². The Bertz CT molecular complexity index is 744. The van der Waals surface area contributed by atoms with Crippen LogP contribution in [0.5, 0.6) is 5.75 Å². The number of benzene rings is 2. The number of carbonyl (C=O) groups excluding carboxylic acids is 1. The van der Waals surface area contributed by atoms with E-state index in [0.29, 0.717) is 24.5 Å². The van der Waals surface area contributed by atoms with E-state index in [0.717, 1.165) is 15.7 Å². The molecule has 0 unspecified atom stereocenters. The van der Waals surface area contributed by atoms with Crippen molar-refractivity contribution in [2.24, 2.45) is 4.99 Å². The lowest BCUT2D eigenvalue weighted by Gasteiger charge is -2.22. The number of nitrogen functional groups attached to an aromatic ring is 1. The number of nitrogens with two attached hydrogens (primary N) is 1. The van der Waals surface area contributed by atoms with Crippen LogP contribution in [0.2, 0.25) is 0 Å². The van der Waals surface area contributed by atoms with Crippen molar-refractivity contribution in [2.45, 2.75) is 0 Å². The largest absolute Gasteiger partial charge is 0.484 e. The summed E-state index contributed by atoms with van der Waals surface area (Å²) in [4.78, 5) is 18.5. The Kier molecular flexibility index (Phi) is 4.62. The fraction of sp³-hybridized carbons (Fsp3) is 0.176. The summed E-state index contributed by atoms with van der Waals surface area (Å²) in [5.74, 6) is 0.551. The molecule has 118 valence electrons. The van der Waals surface area contributed by atoms with Crippen molar-refractivity contribution in [3.63, 3.8) is 0 Å². The summed E-state index contributed by atoms with van der Waals surface area (Å²) < 4.78 is 6.54. The summed E-state index contributed by atoms with van der Waals surface area (Å²) >= 11 is 3.37. The van der Waals surface area contributed by atoms with Crippen molar-refractivity contribution in [3.8, 4) is 5.75 Å². The van der Waals surface area contributed by atoms with E-state index in [4.69, 9.17) is 10.5 Å². The zero-order chi connectivity index (χ0) is 16.2. The van der Waals surface area contributed by atoms with Crippen LogP contribution in [-0.2, 0) is 4.79 Å². The lowest BCUT2D eigenvalue weighted by Crippen LogP contribution is -2.36. The second kappa shape index (κ2) is 6.83. The molecule has 0 radical (unpaired) electrons. The molecule has 2 aromatic carbocycles. The molecule has 5 nitrogen and oxygen atoms in total. The number of carbonyl (C=O) groups is 1. The quantitative estimate of drug-likeness (QED) is 0.841.